The number of carboxylic acids is 1. The summed E-state index contributed by atoms with van der Waals surface area (Å²) >= 11 is 0. The first-order valence-electron chi connectivity index (χ1n) is 6.12. The van der Waals surface area contributed by atoms with E-state index in [1.807, 2.05) is 19.0 Å². The Bertz CT molecular complexity index is 524. The summed E-state index contributed by atoms with van der Waals surface area (Å²) < 4.78 is 5.02. The van der Waals surface area contributed by atoms with Gasteiger partial charge in [-0.15, -0.1) is 0 Å². The number of benzene rings is 1. The average molecular weight is 280 g/mol. The number of ether oxygens (including phenoxy) is 1. The van der Waals surface area contributed by atoms with E-state index >= 15 is 0 Å². The zero-order valence-corrected chi connectivity index (χ0v) is 12.1. The molecule has 3 N–H and O–H groups in total. The van der Waals surface area contributed by atoms with Crippen LogP contribution in [0, 0.1) is 5.41 Å². The van der Waals surface area contributed by atoms with E-state index in [2.05, 4.69) is 0 Å². The number of nitrogen functional groups attached to an aromatic ring is 1. The van der Waals surface area contributed by atoms with E-state index in [-0.39, 0.29) is 6.61 Å². The molecular weight excluding hydrogens is 260 g/mol. The molecular formula is C14H20N2O4. The van der Waals surface area contributed by atoms with Gasteiger partial charge in [0.1, 0.15) is 6.61 Å². The highest BCUT2D eigenvalue weighted by Crippen LogP contribution is 2.23. The van der Waals surface area contributed by atoms with Crippen molar-refractivity contribution in [2.24, 2.45) is 5.41 Å². The Morgan fingerprint density at radius 2 is 1.95 bits per heavy atom. The lowest BCUT2D eigenvalue weighted by Crippen LogP contribution is -2.30. The summed E-state index contributed by atoms with van der Waals surface area (Å²) in [7, 11) is 3.69. The maximum Gasteiger partial charge on any atom is 0.338 e. The van der Waals surface area contributed by atoms with Crippen molar-refractivity contribution in [1.29, 1.82) is 0 Å². The van der Waals surface area contributed by atoms with Crippen molar-refractivity contribution in [3.63, 3.8) is 0 Å². The summed E-state index contributed by atoms with van der Waals surface area (Å²) in [4.78, 5) is 24.6. The SMILES string of the molecule is CN(C)c1ccc(C(=O)OCC(C)(C)C(=O)O)cc1N. The fourth-order valence-electron chi connectivity index (χ4n) is 1.48. The molecule has 0 aliphatic heterocycles. The fourth-order valence-corrected chi connectivity index (χ4v) is 1.48. The minimum absolute atomic E-state index is 0.198. The Balaban J connectivity index is 2.79. The number of anilines is 2. The lowest BCUT2D eigenvalue weighted by Gasteiger charge is -2.19. The number of carboxylic acid groups (broad SMARTS) is 1. The summed E-state index contributed by atoms with van der Waals surface area (Å²) in [5, 5.41) is 8.95. The molecule has 20 heavy (non-hydrogen) atoms. The highest BCUT2D eigenvalue weighted by molar-refractivity contribution is 5.92. The molecule has 0 saturated carbocycles. The molecule has 1 aromatic rings. The summed E-state index contributed by atoms with van der Waals surface area (Å²) in [5.74, 6) is -1.61. The number of aliphatic carboxylic acids is 1. The Labute approximate surface area is 118 Å². The van der Waals surface area contributed by atoms with E-state index in [1.165, 1.54) is 19.9 Å². The first kappa shape index (κ1) is 15.8. The van der Waals surface area contributed by atoms with Crippen LogP contribution in [0.2, 0.25) is 0 Å². The smallest absolute Gasteiger partial charge is 0.338 e. The summed E-state index contributed by atoms with van der Waals surface area (Å²) in [6, 6.07) is 4.83. The van der Waals surface area contributed by atoms with Gasteiger partial charge in [0, 0.05) is 14.1 Å². The molecule has 6 nitrogen and oxygen atoms in total. The number of carbonyl (C=O) groups excluding carboxylic acids is 1. The molecule has 0 aliphatic carbocycles. The Morgan fingerprint density at radius 1 is 1.35 bits per heavy atom. The van der Waals surface area contributed by atoms with Crippen molar-refractivity contribution in [3.8, 4) is 0 Å². The van der Waals surface area contributed by atoms with Gasteiger partial charge < -0.3 is 20.5 Å². The van der Waals surface area contributed by atoms with Gasteiger partial charge in [0.2, 0.25) is 0 Å². The standard InChI is InChI=1S/C14H20N2O4/c1-14(2,13(18)19)8-20-12(17)9-5-6-11(16(3)4)10(15)7-9/h5-7H,8,15H2,1-4H3,(H,18,19). The molecule has 0 aliphatic rings. The summed E-state index contributed by atoms with van der Waals surface area (Å²) in [5.41, 5.74) is 6.29. The van der Waals surface area contributed by atoms with E-state index in [0.717, 1.165) is 5.69 Å². The third-order valence-electron chi connectivity index (χ3n) is 2.89. The largest absolute Gasteiger partial charge is 0.481 e. The fraction of sp³-hybridized carbons (Fsp3) is 0.429. The molecule has 0 aromatic heterocycles. The first-order valence-corrected chi connectivity index (χ1v) is 6.12. The molecule has 0 fully saturated rings. The molecule has 0 bridgehead atoms. The van der Waals surface area contributed by atoms with E-state index in [9.17, 15) is 9.59 Å². The zero-order chi connectivity index (χ0) is 15.5. The van der Waals surface area contributed by atoms with Crippen LogP contribution >= 0.6 is 0 Å². The van der Waals surface area contributed by atoms with E-state index in [0.29, 0.717) is 11.3 Å². The highest BCUT2D eigenvalue weighted by atomic mass is 16.5. The Kier molecular flexibility index (Phi) is 4.60. The van der Waals surface area contributed by atoms with Gasteiger partial charge in [-0.05, 0) is 32.0 Å². The van der Waals surface area contributed by atoms with Crippen molar-refractivity contribution < 1.29 is 19.4 Å². The number of nitrogens with two attached hydrogens (primary N) is 1. The van der Waals surface area contributed by atoms with Crippen LogP contribution in [0.1, 0.15) is 24.2 Å². The molecule has 0 saturated heterocycles. The van der Waals surface area contributed by atoms with Gasteiger partial charge in [0.05, 0.1) is 22.4 Å². The van der Waals surface area contributed by atoms with Gasteiger partial charge in [0.25, 0.3) is 0 Å². The lowest BCUT2D eigenvalue weighted by molar-refractivity contribution is -0.149. The van der Waals surface area contributed by atoms with Crippen LogP contribution in [0.15, 0.2) is 18.2 Å². The van der Waals surface area contributed by atoms with Gasteiger partial charge in [-0.25, -0.2) is 4.79 Å². The number of esters is 1. The zero-order valence-electron chi connectivity index (χ0n) is 12.1. The van der Waals surface area contributed by atoms with E-state index in [4.69, 9.17) is 15.6 Å². The lowest BCUT2D eigenvalue weighted by atomic mass is 9.95. The predicted molar refractivity (Wildman–Crippen MR) is 76.9 cm³/mol. The molecule has 1 aromatic carbocycles. The normalized spacial score (nSPS) is 11.0. The molecule has 0 radical (unpaired) electrons. The second-order valence-corrected chi connectivity index (χ2v) is 5.43. The van der Waals surface area contributed by atoms with Crippen molar-refractivity contribution in [3.05, 3.63) is 23.8 Å². The van der Waals surface area contributed by atoms with Crippen LogP contribution in [0.5, 0.6) is 0 Å². The van der Waals surface area contributed by atoms with Gasteiger partial charge in [-0.1, -0.05) is 0 Å². The van der Waals surface area contributed by atoms with Crippen LogP contribution in [0.3, 0.4) is 0 Å². The predicted octanol–water partition coefficient (Wildman–Crippen LogP) is 1.60. The Hall–Kier alpha value is -2.24. The number of hydrogen-bond acceptors (Lipinski definition) is 5. The van der Waals surface area contributed by atoms with Crippen molar-refractivity contribution in [1.82, 2.24) is 0 Å². The quantitative estimate of drug-likeness (QED) is 0.628. The van der Waals surface area contributed by atoms with Crippen LogP contribution in [-0.2, 0) is 9.53 Å². The number of rotatable bonds is 5. The van der Waals surface area contributed by atoms with E-state index in [1.54, 1.807) is 12.1 Å². The number of carbonyl (C=O) groups is 2. The summed E-state index contributed by atoms with van der Waals surface area (Å²) in [6.45, 7) is 2.79. The monoisotopic (exact) mass is 280 g/mol. The van der Waals surface area contributed by atoms with Crippen molar-refractivity contribution >= 4 is 23.3 Å². The van der Waals surface area contributed by atoms with Gasteiger partial charge in [0.15, 0.2) is 0 Å². The Morgan fingerprint density at radius 3 is 2.40 bits per heavy atom. The van der Waals surface area contributed by atoms with Crippen LogP contribution in [0.25, 0.3) is 0 Å². The molecule has 6 heteroatoms. The van der Waals surface area contributed by atoms with E-state index < -0.39 is 17.4 Å². The summed E-state index contributed by atoms with van der Waals surface area (Å²) in [6.07, 6.45) is 0. The van der Waals surface area contributed by atoms with Crippen molar-refractivity contribution in [2.45, 2.75) is 13.8 Å². The first-order chi connectivity index (χ1) is 9.15. The molecule has 0 atom stereocenters. The molecule has 0 amide bonds. The maximum atomic E-state index is 11.9. The third kappa shape index (κ3) is 3.63. The molecule has 1 rings (SSSR count). The minimum Gasteiger partial charge on any atom is -0.481 e. The topological polar surface area (TPSA) is 92.9 Å². The molecule has 0 spiro atoms. The molecule has 0 heterocycles. The highest BCUT2D eigenvalue weighted by Gasteiger charge is 2.29. The van der Waals surface area contributed by atoms with Gasteiger partial charge in [-0.2, -0.15) is 0 Å². The number of hydrogen-bond donors (Lipinski definition) is 2. The maximum absolute atomic E-state index is 11.9. The second kappa shape index (κ2) is 5.81. The van der Waals surface area contributed by atoms with Crippen LogP contribution in [-0.4, -0.2) is 37.7 Å². The molecule has 0 unspecified atom stereocenters. The third-order valence-corrected chi connectivity index (χ3v) is 2.89. The van der Waals surface area contributed by atoms with Crippen LogP contribution < -0.4 is 10.6 Å². The minimum atomic E-state index is -1.12. The second-order valence-electron chi connectivity index (χ2n) is 5.43. The molecule has 110 valence electrons. The number of nitrogens with zero attached hydrogens (tertiary/aromatic N) is 1. The average Bonchev–Trinajstić information content (AvgIpc) is 2.35. The van der Waals surface area contributed by atoms with Gasteiger partial charge >= 0.3 is 11.9 Å². The van der Waals surface area contributed by atoms with Crippen LogP contribution in [0.4, 0.5) is 11.4 Å². The van der Waals surface area contributed by atoms with Crippen molar-refractivity contribution in [2.75, 3.05) is 31.3 Å². The van der Waals surface area contributed by atoms with Gasteiger partial charge in [-0.3, -0.25) is 4.79 Å².